The SMILES string of the molecule is O=C(NOCC(O)CN1CCOCC1)c1cc(Br)c(F)c(F)c1Nc1ccc(I)cc1Cl. The summed E-state index contributed by atoms with van der Waals surface area (Å²) in [6, 6.07) is 6.07. The Balaban J connectivity index is 1.69. The maximum absolute atomic E-state index is 14.7. The Morgan fingerprint density at radius 1 is 1.31 bits per heavy atom. The van der Waals surface area contributed by atoms with Gasteiger partial charge in [0.25, 0.3) is 5.91 Å². The lowest BCUT2D eigenvalue weighted by atomic mass is 10.1. The number of hydrogen-bond acceptors (Lipinski definition) is 6. The normalized spacial score (nSPS) is 15.4. The molecule has 0 bridgehead atoms. The highest BCUT2D eigenvalue weighted by Crippen LogP contribution is 2.34. The second kappa shape index (κ2) is 11.9. The van der Waals surface area contributed by atoms with Gasteiger partial charge in [-0.1, -0.05) is 11.6 Å². The Hall–Kier alpha value is -1.09. The lowest BCUT2D eigenvalue weighted by Gasteiger charge is -2.28. The van der Waals surface area contributed by atoms with Crippen LogP contribution >= 0.6 is 50.1 Å². The van der Waals surface area contributed by atoms with Crippen molar-refractivity contribution < 1.29 is 28.3 Å². The molecular weight excluding hydrogens is 626 g/mol. The Kier molecular flexibility index (Phi) is 9.46. The van der Waals surface area contributed by atoms with Crippen LogP contribution in [0.25, 0.3) is 0 Å². The molecule has 1 unspecified atom stereocenters. The molecule has 1 saturated heterocycles. The third kappa shape index (κ3) is 6.72. The van der Waals surface area contributed by atoms with E-state index in [9.17, 15) is 18.7 Å². The molecule has 7 nitrogen and oxygen atoms in total. The van der Waals surface area contributed by atoms with E-state index in [1.54, 1.807) is 18.2 Å². The van der Waals surface area contributed by atoms with Crippen molar-refractivity contribution in [2.45, 2.75) is 6.10 Å². The van der Waals surface area contributed by atoms with E-state index in [0.717, 1.165) is 9.64 Å². The van der Waals surface area contributed by atoms with Crippen LogP contribution in [0.5, 0.6) is 0 Å². The van der Waals surface area contributed by atoms with E-state index < -0.39 is 29.3 Å². The molecule has 1 fully saturated rings. The Morgan fingerprint density at radius 3 is 2.72 bits per heavy atom. The maximum Gasteiger partial charge on any atom is 0.277 e. The van der Waals surface area contributed by atoms with Gasteiger partial charge in [-0.15, -0.1) is 0 Å². The topological polar surface area (TPSA) is 83.1 Å². The largest absolute Gasteiger partial charge is 0.389 e. The molecule has 0 spiro atoms. The van der Waals surface area contributed by atoms with Gasteiger partial charge in [0.15, 0.2) is 11.6 Å². The number of carbonyl (C=O) groups is 1. The van der Waals surface area contributed by atoms with Crippen molar-refractivity contribution in [3.8, 4) is 0 Å². The molecule has 0 aromatic heterocycles. The van der Waals surface area contributed by atoms with Gasteiger partial charge in [-0.05, 0) is 62.8 Å². The number of β-amino-alcohol motifs (C(OH)–C–C–N with tert-alkyl or cyclic N) is 1. The Morgan fingerprint density at radius 2 is 2.03 bits per heavy atom. The number of amides is 1. The van der Waals surface area contributed by atoms with Crippen LogP contribution in [-0.2, 0) is 9.57 Å². The summed E-state index contributed by atoms with van der Waals surface area (Å²) >= 11 is 11.1. The van der Waals surface area contributed by atoms with Crippen molar-refractivity contribution in [3.63, 3.8) is 0 Å². The van der Waals surface area contributed by atoms with Crippen molar-refractivity contribution >= 4 is 67.4 Å². The first-order chi connectivity index (χ1) is 15.3. The van der Waals surface area contributed by atoms with Crippen LogP contribution in [-0.4, -0.2) is 61.5 Å². The second-order valence-electron chi connectivity index (χ2n) is 6.97. The van der Waals surface area contributed by atoms with Gasteiger partial charge < -0.3 is 15.2 Å². The van der Waals surface area contributed by atoms with Gasteiger partial charge in [0, 0.05) is 23.2 Å². The van der Waals surface area contributed by atoms with Crippen LogP contribution in [0.3, 0.4) is 0 Å². The molecule has 1 amide bonds. The quantitative estimate of drug-likeness (QED) is 0.228. The lowest BCUT2D eigenvalue weighted by Crippen LogP contribution is -2.42. The summed E-state index contributed by atoms with van der Waals surface area (Å²) in [7, 11) is 0. The highest BCUT2D eigenvalue weighted by molar-refractivity contribution is 14.1. The molecular formula is C20H20BrClF2IN3O4. The number of carbonyl (C=O) groups excluding carboxylic acids is 1. The van der Waals surface area contributed by atoms with Crippen LogP contribution in [0.2, 0.25) is 5.02 Å². The summed E-state index contributed by atoms with van der Waals surface area (Å²) in [4.78, 5) is 19.8. The van der Waals surface area contributed by atoms with Gasteiger partial charge in [-0.2, -0.15) is 0 Å². The number of aliphatic hydroxyl groups is 1. The summed E-state index contributed by atoms with van der Waals surface area (Å²) in [5, 5.41) is 13.1. The molecule has 12 heteroatoms. The van der Waals surface area contributed by atoms with Gasteiger partial charge in [0.05, 0.1) is 45.8 Å². The predicted octanol–water partition coefficient (Wildman–Crippen LogP) is 4.08. The lowest BCUT2D eigenvalue weighted by molar-refractivity contribution is -0.0362. The highest BCUT2D eigenvalue weighted by Gasteiger charge is 2.23. The van der Waals surface area contributed by atoms with E-state index in [2.05, 4.69) is 49.3 Å². The molecule has 1 aliphatic heterocycles. The monoisotopic (exact) mass is 645 g/mol. The van der Waals surface area contributed by atoms with Gasteiger partial charge in [-0.3, -0.25) is 14.5 Å². The zero-order valence-electron chi connectivity index (χ0n) is 16.6. The maximum atomic E-state index is 14.7. The van der Waals surface area contributed by atoms with Crippen molar-refractivity contribution in [1.82, 2.24) is 10.4 Å². The summed E-state index contributed by atoms with van der Waals surface area (Å²) in [5.74, 6) is -3.24. The highest BCUT2D eigenvalue weighted by atomic mass is 127. The average Bonchev–Trinajstić information content (AvgIpc) is 2.76. The first kappa shape index (κ1) is 25.5. The van der Waals surface area contributed by atoms with Crippen LogP contribution in [0.1, 0.15) is 10.4 Å². The number of hydroxylamine groups is 1. The number of hydrogen-bond donors (Lipinski definition) is 3. The number of ether oxygens (including phenoxy) is 1. The molecule has 1 aliphatic rings. The summed E-state index contributed by atoms with van der Waals surface area (Å²) in [6.07, 6.45) is -0.853. The average molecular weight is 647 g/mol. The van der Waals surface area contributed by atoms with Crippen molar-refractivity contribution in [1.29, 1.82) is 0 Å². The predicted molar refractivity (Wildman–Crippen MR) is 128 cm³/mol. The first-order valence-electron chi connectivity index (χ1n) is 9.56. The molecule has 0 saturated carbocycles. The second-order valence-corrected chi connectivity index (χ2v) is 9.47. The molecule has 0 radical (unpaired) electrons. The van der Waals surface area contributed by atoms with Crippen molar-refractivity contribution in [2.24, 2.45) is 0 Å². The minimum absolute atomic E-state index is 0.181. The number of morpholine rings is 1. The first-order valence-corrected chi connectivity index (χ1v) is 11.8. The van der Waals surface area contributed by atoms with E-state index in [-0.39, 0.29) is 21.7 Å². The molecule has 32 heavy (non-hydrogen) atoms. The van der Waals surface area contributed by atoms with Crippen molar-refractivity contribution in [2.75, 3.05) is 44.8 Å². The number of halogens is 5. The molecule has 3 N–H and O–H groups in total. The number of benzene rings is 2. The fourth-order valence-electron chi connectivity index (χ4n) is 3.01. The van der Waals surface area contributed by atoms with Gasteiger partial charge >= 0.3 is 0 Å². The van der Waals surface area contributed by atoms with Crippen molar-refractivity contribution in [3.05, 3.63) is 54.5 Å². The van der Waals surface area contributed by atoms with Crippen LogP contribution < -0.4 is 10.8 Å². The fraction of sp³-hybridized carbons (Fsp3) is 0.350. The number of nitrogens with one attached hydrogen (secondary N) is 2. The van der Waals surface area contributed by atoms with Gasteiger partial charge in [0.2, 0.25) is 0 Å². The molecule has 2 aromatic carbocycles. The standard InChI is InChI=1S/C20H20BrClF2IN3O4/c21-14-8-13(20(30)27-32-10-12(29)9-28-3-5-31-6-4-28)19(18(24)17(14)23)26-16-2-1-11(25)7-15(16)22/h1-2,7-8,12,26,29H,3-6,9-10H2,(H,27,30). The fourth-order valence-corrected chi connectivity index (χ4v) is 4.32. The number of nitrogens with zero attached hydrogens (tertiary/aromatic N) is 1. The van der Waals surface area contributed by atoms with E-state index in [4.69, 9.17) is 21.2 Å². The van der Waals surface area contributed by atoms with Crippen LogP contribution in [0, 0.1) is 15.2 Å². The third-order valence-electron chi connectivity index (χ3n) is 4.61. The number of anilines is 2. The molecule has 1 heterocycles. The zero-order valence-corrected chi connectivity index (χ0v) is 21.1. The summed E-state index contributed by atoms with van der Waals surface area (Å²) < 4.78 is 34.7. The smallest absolute Gasteiger partial charge is 0.277 e. The van der Waals surface area contributed by atoms with E-state index in [1.807, 2.05) is 4.90 Å². The Bertz CT molecular complexity index is 982. The van der Waals surface area contributed by atoms with E-state index in [0.29, 0.717) is 38.5 Å². The van der Waals surface area contributed by atoms with Crippen LogP contribution in [0.15, 0.2) is 28.7 Å². The van der Waals surface area contributed by atoms with Gasteiger partial charge in [-0.25, -0.2) is 14.3 Å². The minimum atomic E-state index is -1.26. The van der Waals surface area contributed by atoms with Crippen LogP contribution in [0.4, 0.5) is 20.2 Å². The summed E-state index contributed by atoms with van der Waals surface area (Å²) in [5.41, 5.74) is 1.85. The molecule has 3 rings (SSSR count). The van der Waals surface area contributed by atoms with E-state index in [1.165, 1.54) is 0 Å². The summed E-state index contributed by atoms with van der Waals surface area (Å²) in [6.45, 7) is 2.75. The minimum Gasteiger partial charge on any atom is -0.389 e. The molecule has 174 valence electrons. The molecule has 2 aromatic rings. The third-order valence-corrected chi connectivity index (χ3v) is 6.17. The molecule has 1 atom stereocenters. The zero-order chi connectivity index (χ0) is 23.3. The Labute approximate surface area is 210 Å². The van der Waals surface area contributed by atoms with E-state index >= 15 is 0 Å². The molecule has 0 aliphatic carbocycles. The number of rotatable bonds is 8. The van der Waals surface area contributed by atoms with Gasteiger partial charge in [0.1, 0.15) is 6.61 Å². The number of aliphatic hydroxyl groups excluding tert-OH is 1.